The molecular formula is C12H15N5O2. The molecule has 0 amide bonds. The first-order valence-corrected chi connectivity index (χ1v) is 6.14. The van der Waals surface area contributed by atoms with E-state index in [4.69, 9.17) is 9.47 Å². The van der Waals surface area contributed by atoms with Gasteiger partial charge in [0.15, 0.2) is 0 Å². The van der Waals surface area contributed by atoms with Crippen LogP contribution in [0.5, 0.6) is 5.75 Å². The monoisotopic (exact) mass is 261 g/mol. The highest BCUT2D eigenvalue weighted by molar-refractivity contribution is 5.36. The van der Waals surface area contributed by atoms with E-state index in [1.165, 1.54) is 4.80 Å². The highest BCUT2D eigenvalue weighted by Gasteiger charge is 2.16. The molecule has 7 nitrogen and oxygen atoms in total. The first-order chi connectivity index (χ1) is 9.36. The van der Waals surface area contributed by atoms with Crippen LogP contribution in [0.1, 0.15) is 0 Å². The van der Waals surface area contributed by atoms with Gasteiger partial charge < -0.3 is 14.4 Å². The summed E-state index contributed by atoms with van der Waals surface area (Å²) < 4.78 is 10.4. The van der Waals surface area contributed by atoms with Crippen molar-refractivity contribution >= 4 is 5.95 Å². The third kappa shape index (κ3) is 2.50. The summed E-state index contributed by atoms with van der Waals surface area (Å²) in [6.07, 6.45) is 0. The summed E-state index contributed by atoms with van der Waals surface area (Å²) >= 11 is 0. The Hall–Kier alpha value is -2.15. The largest absolute Gasteiger partial charge is 0.497 e. The Balaban J connectivity index is 1.79. The maximum Gasteiger partial charge on any atom is 0.266 e. The number of tetrazole rings is 1. The Bertz CT molecular complexity index is 533. The average molecular weight is 261 g/mol. The molecule has 1 aliphatic rings. The van der Waals surface area contributed by atoms with Crippen LogP contribution in [0.15, 0.2) is 24.3 Å². The minimum Gasteiger partial charge on any atom is -0.497 e. The molecule has 0 aliphatic carbocycles. The zero-order valence-corrected chi connectivity index (χ0v) is 10.7. The second-order valence-corrected chi connectivity index (χ2v) is 4.18. The van der Waals surface area contributed by atoms with Crippen molar-refractivity contribution in [3.8, 4) is 11.4 Å². The van der Waals surface area contributed by atoms with Crippen LogP contribution in [0.3, 0.4) is 0 Å². The highest BCUT2D eigenvalue weighted by atomic mass is 16.5. The molecule has 2 aromatic rings. The maximum absolute atomic E-state index is 5.30. The molecule has 0 atom stereocenters. The van der Waals surface area contributed by atoms with Gasteiger partial charge in [-0.05, 0) is 29.5 Å². The van der Waals surface area contributed by atoms with E-state index in [1.54, 1.807) is 7.11 Å². The van der Waals surface area contributed by atoms with Gasteiger partial charge in [-0.3, -0.25) is 0 Å². The molecule has 0 N–H and O–H groups in total. The third-order valence-electron chi connectivity index (χ3n) is 3.00. The fourth-order valence-electron chi connectivity index (χ4n) is 1.92. The second-order valence-electron chi connectivity index (χ2n) is 4.18. The van der Waals surface area contributed by atoms with Crippen molar-refractivity contribution in [1.29, 1.82) is 0 Å². The summed E-state index contributed by atoms with van der Waals surface area (Å²) in [5, 5.41) is 12.5. The number of ether oxygens (including phenoxy) is 2. The maximum atomic E-state index is 5.30. The minimum absolute atomic E-state index is 0.638. The molecule has 1 aliphatic heterocycles. The van der Waals surface area contributed by atoms with Crippen molar-refractivity contribution in [3.63, 3.8) is 0 Å². The van der Waals surface area contributed by atoms with E-state index in [-0.39, 0.29) is 0 Å². The molecule has 1 aromatic heterocycles. The Labute approximate surface area is 110 Å². The molecule has 0 bridgehead atoms. The van der Waals surface area contributed by atoms with Crippen LogP contribution < -0.4 is 9.64 Å². The lowest BCUT2D eigenvalue weighted by Gasteiger charge is -2.24. The van der Waals surface area contributed by atoms with E-state index >= 15 is 0 Å². The fourth-order valence-corrected chi connectivity index (χ4v) is 1.92. The Morgan fingerprint density at radius 3 is 2.58 bits per heavy atom. The number of methoxy groups -OCH3 is 1. The topological polar surface area (TPSA) is 65.3 Å². The number of hydrogen-bond acceptors (Lipinski definition) is 6. The number of morpholine rings is 1. The molecule has 1 fully saturated rings. The lowest BCUT2D eigenvalue weighted by molar-refractivity contribution is 0.122. The van der Waals surface area contributed by atoms with Crippen molar-refractivity contribution in [2.24, 2.45) is 0 Å². The quantitative estimate of drug-likeness (QED) is 0.802. The predicted octanol–water partition coefficient (Wildman–Crippen LogP) is 0.507. The van der Waals surface area contributed by atoms with Crippen LogP contribution in [0, 0.1) is 0 Å². The summed E-state index contributed by atoms with van der Waals surface area (Å²) in [6.45, 7) is 3.01. The van der Waals surface area contributed by atoms with Crippen molar-refractivity contribution in [2.45, 2.75) is 0 Å². The van der Waals surface area contributed by atoms with E-state index in [1.807, 2.05) is 24.3 Å². The van der Waals surface area contributed by atoms with Crippen LogP contribution in [-0.4, -0.2) is 53.6 Å². The number of anilines is 1. The van der Waals surface area contributed by atoms with Crippen LogP contribution >= 0.6 is 0 Å². The van der Waals surface area contributed by atoms with E-state index < -0.39 is 0 Å². The molecule has 0 spiro atoms. The molecule has 1 aromatic carbocycles. The molecule has 2 heterocycles. The average Bonchev–Trinajstić information content (AvgIpc) is 2.98. The van der Waals surface area contributed by atoms with Gasteiger partial charge in [-0.1, -0.05) is 5.10 Å². The Morgan fingerprint density at radius 1 is 1.16 bits per heavy atom. The number of hydrogen-bond donors (Lipinski definition) is 0. The fraction of sp³-hybridized carbons (Fsp3) is 0.417. The van der Waals surface area contributed by atoms with Gasteiger partial charge in [-0.25, -0.2) is 0 Å². The molecule has 1 saturated heterocycles. The van der Waals surface area contributed by atoms with Crippen LogP contribution in [0.25, 0.3) is 5.69 Å². The lowest BCUT2D eigenvalue weighted by atomic mass is 10.3. The molecular weight excluding hydrogens is 246 g/mol. The van der Waals surface area contributed by atoms with Crippen LogP contribution in [0.2, 0.25) is 0 Å². The first kappa shape index (κ1) is 11.9. The van der Waals surface area contributed by atoms with Gasteiger partial charge in [0.25, 0.3) is 5.95 Å². The van der Waals surface area contributed by atoms with Crippen LogP contribution in [0.4, 0.5) is 5.95 Å². The Morgan fingerprint density at radius 2 is 1.89 bits per heavy atom. The van der Waals surface area contributed by atoms with Gasteiger partial charge >= 0.3 is 0 Å². The minimum atomic E-state index is 0.638. The smallest absolute Gasteiger partial charge is 0.266 e. The molecule has 7 heteroatoms. The van der Waals surface area contributed by atoms with Crippen molar-refractivity contribution in [2.75, 3.05) is 38.3 Å². The van der Waals surface area contributed by atoms with E-state index in [0.717, 1.165) is 24.5 Å². The zero-order valence-electron chi connectivity index (χ0n) is 10.7. The lowest BCUT2D eigenvalue weighted by Crippen LogP contribution is -2.37. The molecule has 0 saturated carbocycles. The normalized spacial score (nSPS) is 15.5. The highest BCUT2D eigenvalue weighted by Crippen LogP contribution is 2.14. The summed E-state index contributed by atoms with van der Waals surface area (Å²) in [6, 6.07) is 7.52. The number of aromatic nitrogens is 4. The van der Waals surface area contributed by atoms with Crippen molar-refractivity contribution < 1.29 is 9.47 Å². The SMILES string of the molecule is COc1ccc(-n2nnc(N3CCOCC3)n2)cc1. The predicted molar refractivity (Wildman–Crippen MR) is 68.7 cm³/mol. The first-order valence-electron chi connectivity index (χ1n) is 6.14. The summed E-state index contributed by atoms with van der Waals surface area (Å²) in [5.41, 5.74) is 0.854. The number of nitrogens with zero attached hydrogens (tertiary/aromatic N) is 5. The molecule has 100 valence electrons. The number of benzene rings is 1. The van der Waals surface area contributed by atoms with E-state index in [0.29, 0.717) is 19.2 Å². The van der Waals surface area contributed by atoms with Crippen molar-refractivity contribution in [1.82, 2.24) is 20.2 Å². The van der Waals surface area contributed by atoms with E-state index in [9.17, 15) is 0 Å². The van der Waals surface area contributed by atoms with Gasteiger partial charge in [-0.2, -0.15) is 0 Å². The zero-order chi connectivity index (χ0) is 13.1. The number of rotatable bonds is 3. The molecule has 0 unspecified atom stereocenters. The summed E-state index contributed by atoms with van der Waals surface area (Å²) in [7, 11) is 1.64. The second kappa shape index (κ2) is 5.23. The summed E-state index contributed by atoms with van der Waals surface area (Å²) in [4.78, 5) is 3.58. The molecule has 0 radical (unpaired) electrons. The van der Waals surface area contributed by atoms with Gasteiger partial charge in [-0.15, -0.1) is 9.90 Å². The van der Waals surface area contributed by atoms with E-state index in [2.05, 4.69) is 20.3 Å². The standard InChI is InChI=1S/C12H15N5O2/c1-18-11-4-2-10(3-5-11)17-14-12(13-15-17)16-6-8-19-9-7-16/h2-5H,6-9H2,1H3. The van der Waals surface area contributed by atoms with Gasteiger partial charge in [0, 0.05) is 13.1 Å². The third-order valence-corrected chi connectivity index (χ3v) is 3.00. The summed E-state index contributed by atoms with van der Waals surface area (Å²) in [5.74, 6) is 1.44. The molecule has 3 rings (SSSR count). The van der Waals surface area contributed by atoms with Gasteiger partial charge in [0.05, 0.1) is 26.0 Å². The molecule has 19 heavy (non-hydrogen) atoms. The van der Waals surface area contributed by atoms with Crippen LogP contribution in [-0.2, 0) is 4.74 Å². The van der Waals surface area contributed by atoms with Gasteiger partial charge in [0.2, 0.25) is 0 Å². The van der Waals surface area contributed by atoms with Crippen molar-refractivity contribution in [3.05, 3.63) is 24.3 Å². The van der Waals surface area contributed by atoms with Gasteiger partial charge in [0.1, 0.15) is 5.75 Å². The Kier molecular flexibility index (Phi) is 3.28.